The van der Waals surface area contributed by atoms with E-state index in [0.29, 0.717) is 5.75 Å². The fourth-order valence-corrected chi connectivity index (χ4v) is 2.41. The molecule has 0 spiro atoms. The molecule has 0 fully saturated rings. The van der Waals surface area contributed by atoms with Gasteiger partial charge in [0.15, 0.2) is 17.6 Å². The Labute approximate surface area is 166 Å². The Bertz CT molecular complexity index is 928. The van der Waals surface area contributed by atoms with Gasteiger partial charge in [-0.3, -0.25) is 14.9 Å². The molecule has 1 N–H and O–H groups in total. The fraction of sp³-hybridized carbons (Fsp3) is 0.263. The first-order chi connectivity index (χ1) is 13.8. The summed E-state index contributed by atoms with van der Waals surface area (Å²) in [6.45, 7) is 1.37. The molecule has 0 aliphatic heterocycles. The Morgan fingerprint density at radius 2 is 1.62 bits per heavy atom. The van der Waals surface area contributed by atoms with Crippen LogP contribution in [0.15, 0.2) is 36.4 Å². The third kappa shape index (κ3) is 5.12. The number of nitro benzene ring substituents is 1. The van der Waals surface area contributed by atoms with Crippen molar-refractivity contribution in [3.8, 4) is 17.2 Å². The van der Waals surface area contributed by atoms with Crippen molar-refractivity contribution in [3.63, 3.8) is 0 Å². The number of nitrogens with zero attached hydrogens (tertiary/aromatic N) is 1. The van der Waals surface area contributed by atoms with Gasteiger partial charge >= 0.3 is 5.97 Å². The zero-order valence-electron chi connectivity index (χ0n) is 16.3. The van der Waals surface area contributed by atoms with Crippen LogP contribution in [-0.2, 0) is 9.53 Å². The first-order valence-electron chi connectivity index (χ1n) is 8.37. The second-order valence-electron chi connectivity index (χ2n) is 5.75. The van der Waals surface area contributed by atoms with Crippen molar-refractivity contribution in [1.29, 1.82) is 0 Å². The number of methoxy groups -OCH3 is 3. The van der Waals surface area contributed by atoms with Gasteiger partial charge in [-0.15, -0.1) is 0 Å². The molecule has 1 atom stereocenters. The summed E-state index contributed by atoms with van der Waals surface area (Å²) < 4.78 is 20.7. The minimum Gasteiger partial charge on any atom is -0.496 e. The van der Waals surface area contributed by atoms with E-state index < -0.39 is 22.9 Å². The molecule has 10 nitrogen and oxygen atoms in total. The maximum Gasteiger partial charge on any atom is 0.342 e. The third-order valence-corrected chi connectivity index (χ3v) is 3.90. The number of amides is 1. The number of ether oxygens (including phenoxy) is 4. The number of nitrogens with one attached hydrogen (secondary N) is 1. The van der Waals surface area contributed by atoms with Gasteiger partial charge in [0, 0.05) is 30.0 Å². The summed E-state index contributed by atoms with van der Waals surface area (Å²) in [6, 6.07) is 8.25. The summed E-state index contributed by atoms with van der Waals surface area (Å²) in [6.07, 6.45) is -1.18. The van der Waals surface area contributed by atoms with E-state index in [1.807, 2.05) is 0 Å². The summed E-state index contributed by atoms with van der Waals surface area (Å²) in [5, 5.41) is 13.3. The molecule has 29 heavy (non-hydrogen) atoms. The molecule has 10 heteroatoms. The highest BCUT2D eigenvalue weighted by Crippen LogP contribution is 2.35. The lowest BCUT2D eigenvalue weighted by atomic mass is 10.1. The molecule has 0 aliphatic rings. The molecule has 0 aliphatic carbocycles. The van der Waals surface area contributed by atoms with Crippen LogP contribution in [-0.4, -0.2) is 44.2 Å². The zero-order valence-corrected chi connectivity index (χ0v) is 16.3. The highest BCUT2D eigenvalue weighted by Gasteiger charge is 2.24. The molecule has 1 unspecified atom stereocenters. The summed E-state index contributed by atoms with van der Waals surface area (Å²) in [4.78, 5) is 35.1. The van der Waals surface area contributed by atoms with Crippen molar-refractivity contribution < 1.29 is 33.5 Å². The van der Waals surface area contributed by atoms with E-state index in [2.05, 4.69) is 5.32 Å². The minimum atomic E-state index is -1.18. The number of anilines is 1. The number of rotatable bonds is 8. The number of benzene rings is 2. The molecule has 2 aromatic rings. The van der Waals surface area contributed by atoms with Crippen molar-refractivity contribution in [3.05, 3.63) is 52.1 Å². The summed E-state index contributed by atoms with van der Waals surface area (Å²) in [7, 11) is 4.22. The molecule has 154 valence electrons. The summed E-state index contributed by atoms with van der Waals surface area (Å²) in [5.41, 5.74) is 0.0680. The van der Waals surface area contributed by atoms with E-state index in [1.165, 1.54) is 64.7 Å². The number of esters is 1. The largest absolute Gasteiger partial charge is 0.496 e. The second kappa shape index (κ2) is 9.40. The van der Waals surface area contributed by atoms with Gasteiger partial charge in [0.1, 0.15) is 11.3 Å². The maximum atomic E-state index is 12.5. The van der Waals surface area contributed by atoms with E-state index in [4.69, 9.17) is 18.9 Å². The van der Waals surface area contributed by atoms with E-state index in [0.717, 1.165) is 0 Å². The number of carbonyl (C=O) groups excluding carboxylic acids is 2. The predicted molar refractivity (Wildman–Crippen MR) is 103 cm³/mol. The molecule has 0 saturated carbocycles. The molecule has 2 aromatic carbocycles. The Morgan fingerprint density at radius 1 is 1.00 bits per heavy atom. The van der Waals surface area contributed by atoms with Gasteiger partial charge < -0.3 is 24.3 Å². The van der Waals surface area contributed by atoms with Gasteiger partial charge in [-0.05, 0) is 13.0 Å². The van der Waals surface area contributed by atoms with Gasteiger partial charge in [0.05, 0.1) is 26.3 Å². The molecule has 0 radical (unpaired) electrons. The van der Waals surface area contributed by atoms with Crippen molar-refractivity contribution in [1.82, 2.24) is 0 Å². The Hall–Kier alpha value is -3.82. The first kappa shape index (κ1) is 21.5. The van der Waals surface area contributed by atoms with Crippen molar-refractivity contribution in [2.24, 2.45) is 0 Å². The minimum absolute atomic E-state index is 0.0418. The third-order valence-electron chi connectivity index (χ3n) is 3.90. The van der Waals surface area contributed by atoms with Crippen LogP contribution in [0.25, 0.3) is 0 Å². The lowest BCUT2D eigenvalue weighted by molar-refractivity contribution is -0.384. The van der Waals surface area contributed by atoms with Crippen LogP contribution in [0.3, 0.4) is 0 Å². The standard InChI is InChI=1S/C19H20N2O8/c1-11(18(22)20-12-6-5-7-13(8-12)21(24)25)29-19(23)14-9-16(27-3)17(28-4)10-15(14)26-2/h5-11H,1-4H3,(H,20,22). The van der Waals surface area contributed by atoms with Crippen LogP contribution in [0.5, 0.6) is 17.2 Å². The van der Waals surface area contributed by atoms with Crippen LogP contribution >= 0.6 is 0 Å². The normalized spacial score (nSPS) is 11.2. The van der Waals surface area contributed by atoms with Gasteiger partial charge in [-0.25, -0.2) is 4.79 Å². The van der Waals surface area contributed by atoms with Gasteiger partial charge in [0.2, 0.25) is 0 Å². The predicted octanol–water partition coefficient (Wildman–Crippen LogP) is 2.80. The highest BCUT2D eigenvalue weighted by atomic mass is 16.6. The van der Waals surface area contributed by atoms with E-state index in [1.54, 1.807) is 0 Å². The number of non-ortho nitro benzene ring substituents is 1. The van der Waals surface area contributed by atoms with Crippen LogP contribution in [0.1, 0.15) is 17.3 Å². The number of hydrogen-bond acceptors (Lipinski definition) is 8. The van der Waals surface area contributed by atoms with Gasteiger partial charge in [0.25, 0.3) is 11.6 Å². The topological polar surface area (TPSA) is 126 Å². The Balaban J connectivity index is 2.15. The molecule has 0 aromatic heterocycles. The van der Waals surface area contributed by atoms with E-state index in [-0.39, 0.29) is 28.4 Å². The molecule has 0 heterocycles. The fourth-order valence-electron chi connectivity index (χ4n) is 2.41. The number of carbonyl (C=O) groups is 2. The quantitative estimate of drug-likeness (QED) is 0.404. The van der Waals surface area contributed by atoms with Gasteiger partial charge in [-0.2, -0.15) is 0 Å². The SMILES string of the molecule is COc1cc(OC)c(C(=O)OC(C)C(=O)Nc2cccc([N+](=O)[O-])c2)cc1OC. The average Bonchev–Trinajstić information content (AvgIpc) is 2.72. The zero-order chi connectivity index (χ0) is 21.6. The molecular weight excluding hydrogens is 384 g/mol. The lowest BCUT2D eigenvalue weighted by Gasteiger charge is -2.16. The summed E-state index contributed by atoms with van der Waals surface area (Å²) >= 11 is 0. The molecule has 0 bridgehead atoms. The average molecular weight is 404 g/mol. The smallest absolute Gasteiger partial charge is 0.342 e. The molecule has 0 saturated heterocycles. The van der Waals surface area contributed by atoms with Crippen LogP contribution < -0.4 is 19.5 Å². The molecule has 1 amide bonds. The molecule has 2 rings (SSSR count). The first-order valence-corrected chi connectivity index (χ1v) is 8.37. The summed E-state index contributed by atoms with van der Waals surface area (Å²) in [5.74, 6) is -0.645. The van der Waals surface area contributed by atoms with Crippen LogP contribution in [0.2, 0.25) is 0 Å². The monoisotopic (exact) mass is 404 g/mol. The molecular formula is C19H20N2O8. The van der Waals surface area contributed by atoms with Crippen molar-refractivity contribution in [2.45, 2.75) is 13.0 Å². The highest BCUT2D eigenvalue weighted by molar-refractivity contribution is 5.98. The Kier molecular flexibility index (Phi) is 6.96. The van der Waals surface area contributed by atoms with Crippen LogP contribution in [0.4, 0.5) is 11.4 Å². The number of nitro groups is 1. The van der Waals surface area contributed by atoms with Crippen molar-refractivity contribution in [2.75, 3.05) is 26.6 Å². The van der Waals surface area contributed by atoms with E-state index >= 15 is 0 Å². The maximum absolute atomic E-state index is 12.5. The van der Waals surface area contributed by atoms with Gasteiger partial charge in [-0.1, -0.05) is 6.07 Å². The Morgan fingerprint density at radius 3 is 2.21 bits per heavy atom. The van der Waals surface area contributed by atoms with Crippen LogP contribution in [0, 0.1) is 10.1 Å². The lowest BCUT2D eigenvalue weighted by Crippen LogP contribution is -2.30. The number of hydrogen-bond donors (Lipinski definition) is 1. The van der Waals surface area contributed by atoms with Crippen molar-refractivity contribution >= 4 is 23.3 Å². The van der Waals surface area contributed by atoms with E-state index in [9.17, 15) is 19.7 Å². The second-order valence-corrected chi connectivity index (χ2v) is 5.75.